The average molecular weight is 574 g/mol. The van der Waals surface area contributed by atoms with Gasteiger partial charge in [0.05, 0.1) is 12.2 Å². The number of nitrogens with zero attached hydrogens (tertiary/aromatic N) is 4. The normalized spacial score (nSPS) is 25.1. The maximum atomic E-state index is 13.8. The second kappa shape index (κ2) is 10.6. The molecule has 40 heavy (non-hydrogen) atoms. The van der Waals surface area contributed by atoms with Crippen LogP contribution in [-0.4, -0.2) is 82.3 Å². The Morgan fingerprint density at radius 2 is 1.95 bits per heavy atom. The SMILES string of the molecule is O=C(NOC1CCCCO1)[C@H]1C2CC[C@H](CN1S(=O)(=O)c1ccc(Oc3nc4ccccc4o3)nc1)N2C(=O)O. The zero-order valence-corrected chi connectivity index (χ0v) is 22.0. The molecule has 2 unspecified atom stereocenters. The Hall–Kier alpha value is -3.79. The first-order valence-corrected chi connectivity index (χ1v) is 14.3. The van der Waals surface area contributed by atoms with Crippen molar-refractivity contribution in [3.8, 4) is 12.0 Å². The van der Waals surface area contributed by atoms with Crippen molar-refractivity contribution >= 4 is 33.1 Å². The number of ether oxygens (including phenoxy) is 2. The lowest BCUT2D eigenvalue weighted by molar-refractivity contribution is -0.203. The molecule has 212 valence electrons. The minimum absolute atomic E-state index is 0.0515. The van der Waals surface area contributed by atoms with Gasteiger partial charge in [-0.05, 0) is 43.9 Å². The first-order valence-electron chi connectivity index (χ1n) is 12.9. The van der Waals surface area contributed by atoms with E-state index in [9.17, 15) is 23.1 Å². The van der Waals surface area contributed by atoms with Crippen LogP contribution < -0.4 is 10.2 Å². The number of nitrogens with one attached hydrogen (secondary N) is 1. The molecular formula is C25H27N5O9S. The summed E-state index contributed by atoms with van der Waals surface area (Å²) in [5.41, 5.74) is 3.44. The summed E-state index contributed by atoms with van der Waals surface area (Å²) in [6.07, 6.45) is 2.27. The molecule has 2 bridgehead atoms. The maximum absolute atomic E-state index is 13.8. The van der Waals surface area contributed by atoms with E-state index in [0.29, 0.717) is 37.0 Å². The van der Waals surface area contributed by atoms with Gasteiger partial charge >= 0.3 is 12.2 Å². The molecule has 2 amide bonds. The van der Waals surface area contributed by atoms with E-state index in [1.165, 1.54) is 17.0 Å². The highest BCUT2D eigenvalue weighted by atomic mass is 32.2. The van der Waals surface area contributed by atoms with Gasteiger partial charge in [0.2, 0.25) is 15.9 Å². The minimum atomic E-state index is -4.28. The van der Waals surface area contributed by atoms with Crippen molar-refractivity contribution in [1.82, 2.24) is 24.7 Å². The van der Waals surface area contributed by atoms with Gasteiger partial charge in [0.15, 0.2) is 11.9 Å². The number of oxazole rings is 1. The fraction of sp³-hybridized carbons (Fsp3) is 0.440. The Bertz CT molecular complexity index is 1470. The summed E-state index contributed by atoms with van der Waals surface area (Å²) in [4.78, 5) is 40.0. The summed E-state index contributed by atoms with van der Waals surface area (Å²) in [5.74, 6) is -0.713. The Kier molecular flexibility index (Phi) is 7.04. The van der Waals surface area contributed by atoms with E-state index >= 15 is 0 Å². The number of piperazine rings is 1. The summed E-state index contributed by atoms with van der Waals surface area (Å²) >= 11 is 0. The van der Waals surface area contributed by atoms with Gasteiger partial charge in [-0.3, -0.25) is 9.69 Å². The van der Waals surface area contributed by atoms with Gasteiger partial charge in [0.25, 0.3) is 5.91 Å². The van der Waals surface area contributed by atoms with E-state index in [2.05, 4.69) is 15.4 Å². The number of sulfonamides is 1. The molecule has 6 rings (SSSR count). The van der Waals surface area contributed by atoms with Crippen LogP contribution in [0.5, 0.6) is 12.0 Å². The van der Waals surface area contributed by atoms with E-state index in [4.69, 9.17) is 18.7 Å². The van der Waals surface area contributed by atoms with Crippen LogP contribution in [0.1, 0.15) is 32.1 Å². The highest BCUT2D eigenvalue weighted by Crippen LogP contribution is 2.37. The standard InChI is InChI=1S/C25H27N5O9S/c31-23(28-39-21-7-3-4-12-36-21)22-18-10-8-15(30(18)25(32)33)14-29(22)40(34,35)16-9-11-20(26-13-16)38-24-27-17-5-1-2-6-19(17)37-24/h1-2,5-6,9,11,13,15,18,21-22H,3-4,7-8,10,12,14H2,(H,28,31)(H,32,33)/t15-,18?,21?,22-/m1/s1. The molecule has 4 atom stereocenters. The number of benzene rings is 1. The zero-order valence-electron chi connectivity index (χ0n) is 21.2. The highest BCUT2D eigenvalue weighted by Gasteiger charge is 2.55. The predicted octanol–water partition coefficient (Wildman–Crippen LogP) is 2.47. The average Bonchev–Trinajstić information content (AvgIpc) is 3.51. The molecule has 3 saturated heterocycles. The largest absolute Gasteiger partial charge is 0.465 e. The van der Waals surface area contributed by atoms with Crippen LogP contribution >= 0.6 is 0 Å². The van der Waals surface area contributed by atoms with Crippen LogP contribution in [0.25, 0.3) is 11.1 Å². The molecule has 0 saturated carbocycles. The first-order chi connectivity index (χ1) is 19.3. The number of carbonyl (C=O) groups excluding carboxylic acids is 1. The van der Waals surface area contributed by atoms with Crippen molar-refractivity contribution in [2.24, 2.45) is 0 Å². The third kappa shape index (κ3) is 4.96. The van der Waals surface area contributed by atoms with E-state index in [-0.39, 0.29) is 23.4 Å². The van der Waals surface area contributed by atoms with Crippen molar-refractivity contribution in [2.45, 2.75) is 61.4 Å². The number of carboxylic acid groups (broad SMARTS) is 1. The van der Waals surface area contributed by atoms with Gasteiger partial charge in [-0.25, -0.2) is 28.5 Å². The summed E-state index contributed by atoms with van der Waals surface area (Å²) < 4.78 is 45.2. The van der Waals surface area contributed by atoms with Crippen molar-refractivity contribution in [2.75, 3.05) is 13.2 Å². The van der Waals surface area contributed by atoms with Gasteiger partial charge in [-0.1, -0.05) is 12.1 Å². The quantitative estimate of drug-likeness (QED) is 0.397. The van der Waals surface area contributed by atoms with Crippen LogP contribution in [0.3, 0.4) is 0 Å². The molecule has 0 spiro atoms. The fourth-order valence-corrected chi connectivity index (χ4v) is 7.05. The molecule has 3 aliphatic heterocycles. The Labute approximate surface area is 228 Å². The second-order valence-electron chi connectivity index (χ2n) is 9.77. The third-order valence-electron chi connectivity index (χ3n) is 7.31. The van der Waals surface area contributed by atoms with Crippen molar-refractivity contribution in [3.05, 3.63) is 42.6 Å². The Morgan fingerprint density at radius 3 is 2.67 bits per heavy atom. The van der Waals surface area contributed by atoms with Crippen LogP contribution in [0.2, 0.25) is 0 Å². The zero-order chi connectivity index (χ0) is 27.9. The second-order valence-corrected chi connectivity index (χ2v) is 11.7. The molecule has 14 nitrogen and oxygen atoms in total. The van der Waals surface area contributed by atoms with Gasteiger partial charge < -0.3 is 19.0 Å². The molecule has 2 aromatic heterocycles. The summed E-state index contributed by atoms with van der Waals surface area (Å²) in [6, 6.07) is 6.92. The number of pyridine rings is 1. The predicted molar refractivity (Wildman–Crippen MR) is 135 cm³/mol. The van der Waals surface area contributed by atoms with Crippen molar-refractivity contribution in [3.63, 3.8) is 0 Å². The number of carbonyl (C=O) groups is 2. The van der Waals surface area contributed by atoms with Gasteiger partial charge in [0, 0.05) is 31.7 Å². The lowest BCUT2D eigenvalue weighted by Crippen LogP contribution is -2.66. The molecule has 15 heteroatoms. The van der Waals surface area contributed by atoms with E-state index in [1.807, 2.05) is 0 Å². The Morgan fingerprint density at radius 1 is 1.10 bits per heavy atom. The summed E-state index contributed by atoms with van der Waals surface area (Å²) in [5, 5.41) is 9.79. The number of hydrogen-bond donors (Lipinski definition) is 2. The molecule has 3 fully saturated rings. The Balaban J connectivity index is 1.23. The van der Waals surface area contributed by atoms with E-state index in [1.54, 1.807) is 24.3 Å². The third-order valence-corrected chi connectivity index (χ3v) is 9.14. The van der Waals surface area contributed by atoms with E-state index < -0.39 is 46.4 Å². The highest BCUT2D eigenvalue weighted by molar-refractivity contribution is 7.89. The van der Waals surface area contributed by atoms with Crippen molar-refractivity contribution in [1.29, 1.82) is 0 Å². The first kappa shape index (κ1) is 26.4. The molecular weight excluding hydrogens is 546 g/mol. The van der Waals surface area contributed by atoms with Crippen LogP contribution in [-0.2, 0) is 24.4 Å². The summed E-state index contributed by atoms with van der Waals surface area (Å²) in [7, 11) is -4.28. The topological polar surface area (TPSA) is 174 Å². The minimum Gasteiger partial charge on any atom is -0.465 e. The van der Waals surface area contributed by atoms with Gasteiger partial charge in [-0.15, -0.1) is 0 Å². The number of para-hydroxylation sites is 2. The number of aromatic nitrogens is 2. The number of hydroxylamine groups is 1. The number of hydrogen-bond acceptors (Lipinski definition) is 10. The molecule has 3 aliphatic rings. The number of amides is 2. The molecule has 2 N–H and O–H groups in total. The lowest BCUT2D eigenvalue weighted by Gasteiger charge is -2.43. The van der Waals surface area contributed by atoms with Gasteiger partial charge in [-0.2, -0.15) is 9.29 Å². The lowest BCUT2D eigenvalue weighted by atomic mass is 10.1. The molecule has 0 radical (unpaired) electrons. The molecule has 5 heterocycles. The van der Waals surface area contributed by atoms with Crippen LogP contribution in [0.15, 0.2) is 51.9 Å². The monoisotopic (exact) mass is 573 g/mol. The molecule has 3 aromatic rings. The summed E-state index contributed by atoms with van der Waals surface area (Å²) in [6.45, 7) is 0.297. The number of fused-ring (bicyclic) bond motifs is 3. The maximum Gasteiger partial charge on any atom is 0.407 e. The fourth-order valence-electron chi connectivity index (χ4n) is 5.45. The number of rotatable bonds is 7. The molecule has 1 aromatic carbocycles. The molecule has 0 aliphatic carbocycles. The smallest absolute Gasteiger partial charge is 0.407 e. The van der Waals surface area contributed by atoms with Gasteiger partial charge in [0.1, 0.15) is 16.5 Å². The van der Waals surface area contributed by atoms with E-state index in [0.717, 1.165) is 23.3 Å². The van der Waals surface area contributed by atoms with Crippen LogP contribution in [0.4, 0.5) is 4.79 Å². The van der Waals surface area contributed by atoms with Crippen molar-refractivity contribution < 1.29 is 41.8 Å². The van der Waals surface area contributed by atoms with Crippen LogP contribution in [0, 0.1) is 0 Å².